The Balaban J connectivity index is 1.89. The second-order valence-electron chi connectivity index (χ2n) is 6.72. The van der Waals surface area contributed by atoms with Crippen molar-refractivity contribution >= 4 is 40.4 Å². The van der Waals surface area contributed by atoms with Crippen LogP contribution in [0.4, 0.5) is 5.69 Å². The molecule has 0 aliphatic carbocycles. The highest BCUT2D eigenvalue weighted by Gasteiger charge is 2.13. The Morgan fingerprint density at radius 2 is 1.23 bits per heavy atom. The Labute approximate surface area is 177 Å². The average Bonchev–Trinajstić information content (AvgIpc) is 2.80. The average molecular weight is 411 g/mol. The topological polar surface area (TPSA) is 109 Å². The van der Waals surface area contributed by atoms with Gasteiger partial charge in [0.2, 0.25) is 0 Å². The SMILES string of the molecule is O=[N+]([O-])c1ccc2nc(/C=C(\O)c3ccccc3)c(/C=C(/O)c3ccccc3)nc2c1. The van der Waals surface area contributed by atoms with Gasteiger partial charge in [0.05, 0.1) is 27.3 Å². The first-order valence-corrected chi connectivity index (χ1v) is 9.39. The molecule has 0 saturated carbocycles. The highest BCUT2D eigenvalue weighted by atomic mass is 16.6. The Morgan fingerprint density at radius 3 is 1.71 bits per heavy atom. The molecule has 0 unspecified atom stereocenters. The molecular weight excluding hydrogens is 394 g/mol. The van der Waals surface area contributed by atoms with Crippen LogP contribution >= 0.6 is 0 Å². The van der Waals surface area contributed by atoms with Gasteiger partial charge in [0.15, 0.2) is 0 Å². The lowest BCUT2D eigenvalue weighted by Crippen LogP contribution is -1.97. The number of fused-ring (bicyclic) bond motifs is 1. The Morgan fingerprint density at radius 1 is 0.742 bits per heavy atom. The van der Waals surface area contributed by atoms with E-state index in [9.17, 15) is 20.3 Å². The first-order chi connectivity index (χ1) is 15.0. The molecule has 1 aromatic heterocycles. The van der Waals surface area contributed by atoms with Gasteiger partial charge >= 0.3 is 0 Å². The fourth-order valence-corrected chi connectivity index (χ4v) is 3.04. The number of nitrogens with zero attached hydrogens (tertiary/aromatic N) is 3. The van der Waals surface area contributed by atoms with E-state index >= 15 is 0 Å². The Kier molecular flexibility index (Phi) is 5.40. The molecule has 4 aromatic rings. The third-order valence-corrected chi connectivity index (χ3v) is 4.60. The molecule has 0 amide bonds. The summed E-state index contributed by atoms with van der Waals surface area (Å²) in [7, 11) is 0. The molecule has 7 heteroatoms. The lowest BCUT2D eigenvalue weighted by molar-refractivity contribution is -0.384. The summed E-state index contributed by atoms with van der Waals surface area (Å²) in [4.78, 5) is 19.6. The maximum atomic E-state index is 11.1. The van der Waals surface area contributed by atoms with Crippen LogP contribution in [0.15, 0.2) is 78.9 Å². The number of benzene rings is 3. The molecule has 1 heterocycles. The van der Waals surface area contributed by atoms with Crippen molar-refractivity contribution in [2.75, 3.05) is 0 Å². The zero-order valence-electron chi connectivity index (χ0n) is 16.2. The standard InChI is InChI=1S/C24H17N3O4/c28-23(16-7-3-1-4-8-16)14-21-22(15-24(29)17-9-5-2-6-10-17)26-20-13-18(27(30)31)11-12-19(20)25-21/h1-15,28-29H/b23-14-,24-15+. The van der Waals surface area contributed by atoms with E-state index in [1.807, 2.05) is 12.1 Å². The summed E-state index contributed by atoms with van der Waals surface area (Å²) in [5.41, 5.74) is 2.36. The minimum Gasteiger partial charge on any atom is -0.507 e. The number of nitro groups is 1. The minimum absolute atomic E-state index is 0.0231. The third kappa shape index (κ3) is 4.40. The Bertz CT molecular complexity index is 1320. The summed E-state index contributed by atoms with van der Waals surface area (Å²) in [6, 6.07) is 22.0. The second kappa shape index (κ2) is 8.46. The summed E-state index contributed by atoms with van der Waals surface area (Å²) in [6.45, 7) is 0. The monoisotopic (exact) mass is 411 g/mol. The zero-order valence-corrected chi connectivity index (χ0v) is 16.2. The molecule has 0 aliphatic heterocycles. The maximum absolute atomic E-state index is 11.1. The first kappa shape index (κ1) is 19.8. The number of non-ortho nitro benzene ring substituents is 1. The summed E-state index contributed by atoms with van der Waals surface area (Å²) in [6.07, 6.45) is 2.87. The molecule has 3 aromatic carbocycles. The van der Waals surface area contributed by atoms with Gasteiger partial charge in [-0.3, -0.25) is 10.1 Å². The van der Waals surface area contributed by atoms with E-state index in [4.69, 9.17) is 0 Å². The number of nitro benzene ring substituents is 1. The van der Waals surface area contributed by atoms with E-state index in [2.05, 4.69) is 9.97 Å². The van der Waals surface area contributed by atoms with E-state index < -0.39 is 4.92 Å². The van der Waals surface area contributed by atoms with Gasteiger partial charge in [0, 0.05) is 35.4 Å². The van der Waals surface area contributed by atoms with Gasteiger partial charge in [0.1, 0.15) is 11.5 Å². The molecule has 4 rings (SSSR count). The Hall–Kier alpha value is -4.52. The quantitative estimate of drug-likeness (QED) is 0.249. The smallest absolute Gasteiger partial charge is 0.271 e. The molecule has 0 spiro atoms. The van der Waals surface area contributed by atoms with Crippen molar-refractivity contribution in [3.63, 3.8) is 0 Å². The summed E-state index contributed by atoms with van der Waals surface area (Å²) < 4.78 is 0. The largest absolute Gasteiger partial charge is 0.507 e. The van der Waals surface area contributed by atoms with E-state index in [-0.39, 0.29) is 22.9 Å². The van der Waals surface area contributed by atoms with Crippen LogP contribution in [0.25, 0.3) is 34.7 Å². The van der Waals surface area contributed by atoms with Crippen LogP contribution in [-0.4, -0.2) is 25.1 Å². The molecule has 0 fully saturated rings. The van der Waals surface area contributed by atoms with E-state index in [0.29, 0.717) is 27.9 Å². The number of rotatable bonds is 5. The maximum Gasteiger partial charge on any atom is 0.271 e. The van der Waals surface area contributed by atoms with Crippen molar-refractivity contribution < 1.29 is 15.1 Å². The number of aromatic nitrogens is 2. The van der Waals surface area contributed by atoms with Crippen molar-refractivity contribution in [1.29, 1.82) is 0 Å². The first-order valence-electron chi connectivity index (χ1n) is 9.39. The molecular formula is C24H17N3O4. The van der Waals surface area contributed by atoms with Gasteiger partial charge in [-0.15, -0.1) is 0 Å². The second-order valence-corrected chi connectivity index (χ2v) is 6.72. The number of aliphatic hydroxyl groups is 2. The van der Waals surface area contributed by atoms with Crippen LogP contribution in [0.5, 0.6) is 0 Å². The lowest BCUT2D eigenvalue weighted by Gasteiger charge is -2.07. The van der Waals surface area contributed by atoms with Gasteiger partial charge in [0.25, 0.3) is 5.69 Å². The van der Waals surface area contributed by atoms with Crippen molar-refractivity contribution in [2.45, 2.75) is 0 Å². The van der Waals surface area contributed by atoms with E-state index in [1.165, 1.54) is 30.4 Å². The van der Waals surface area contributed by atoms with Gasteiger partial charge in [-0.1, -0.05) is 60.7 Å². The third-order valence-electron chi connectivity index (χ3n) is 4.60. The molecule has 0 aliphatic rings. The highest BCUT2D eigenvalue weighted by molar-refractivity contribution is 5.86. The number of aliphatic hydroxyl groups excluding tert-OH is 2. The van der Waals surface area contributed by atoms with Crippen molar-refractivity contribution in [2.24, 2.45) is 0 Å². The van der Waals surface area contributed by atoms with Crippen molar-refractivity contribution in [3.05, 3.63) is 111 Å². The molecule has 31 heavy (non-hydrogen) atoms. The fraction of sp³-hybridized carbons (Fsp3) is 0. The fourth-order valence-electron chi connectivity index (χ4n) is 3.04. The minimum atomic E-state index is -0.507. The van der Waals surface area contributed by atoms with Gasteiger partial charge < -0.3 is 10.2 Å². The van der Waals surface area contributed by atoms with Gasteiger partial charge in [-0.25, -0.2) is 9.97 Å². The molecule has 2 N–H and O–H groups in total. The molecule has 152 valence electrons. The predicted octanol–water partition coefficient (Wildman–Crippen LogP) is 5.65. The summed E-state index contributed by atoms with van der Waals surface area (Å²) in [5, 5.41) is 32.3. The highest BCUT2D eigenvalue weighted by Crippen LogP contribution is 2.24. The predicted molar refractivity (Wildman–Crippen MR) is 120 cm³/mol. The summed E-state index contributed by atoms with van der Waals surface area (Å²) in [5.74, 6) is -0.0708. The van der Waals surface area contributed by atoms with Gasteiger partial charge in [-0.2, -0.15) is 0 Å². The van der Waals surface area contributed by atoms with Crippen LogP contribution in [-0.2, 0) is 0 Å². The van der Waals surface area contributed by atoms with Crippen LogP contribution < -0.4 is 0 Å². The van der Waals surface area contributed by atoms with E-state index in [0.717, 1.165) is 0 Å². The van der Waals surface area contributed by atoms with Crippen molar-refractivity contribution in [1.82, 2.24) is 9.97 Å². The molecule has 0 saturated heterocycles. The van der Waals surface area contributed by atoms with Crippen LogP contribution in [0, 0.1) is 10.1 Å². The molecule has 0 atom stereocenters. The lowest BCUT2D eigenvalue weighted by atomic mass is 10.1. The molecule has 7 nitrogen and oxygen atoms in total. The molecule has 0 bridgehead atoms. The zero-order chi connectivity index (χ0) is 21.8. The normalized spacial score (nSPS) is 12.1. The number of hydrogen-bond acceptors (Lipinski definition) is 6. The van der Waals surface area contributed by atoms with Crippen molar-refractivity contribution in [3.8, 4) is 0 Å². The molecule has 0 radical (unpaired) electrons. The van der Waals surface area contributed by atoms with Crippen LogP contribution in [0.1, 0.15) is 22.5 Å². The van der Waals surface area contributed by atoms with E-state index in [1.54, 1.807) is 48.5 Å². The van der Waals surface area contributed by atoms with Crippen LogP contribution in [0.3, 0.4) is 0 Å². The number of hydrogen-bond donors (Lipinski definition) is 2. The van der Waals surface area contributed by atoms with Gasteiger partial charge in [-0.05, 0) is 6.07 Å². The summed E-state index contributed by atoms with van der Waals surface area (Å²) >= 11 is 0. The van der Waals surface area contributed by atoms with Crippen LogP contribution in [0.2, 0.25) is 0 Å².